The number of hydrogen-bond donors (Lipinski definition) is 0. The lowest BCUT2D eigenvalue weighted by atomic mass is 10.1. The summed E-state index contributed by atoms with van der Waals surface area (Å²) in [5.74, 6) is -0.356. The summed E-state index contributed by atoms with van der Waals surface area (Å²) in [5.41, 5.74) is 0.871. The third-order valence-corrected chi connectivity index (χ3v) is 2.61. The van der Waals surface area contributed by atoms with Crippen molar-refractivity contribution >= 4 is 11.6 Å². The maximum absolute atomic E-state index is 12.8. The minimum absolute atomic E-state index is 0.0239. The van der Waals surface area contributed by atoms with E-state index in [1.165, 1.54) is 12.1 Å². The first-order chi connectivity index (χ1) is 7.52. The Morgan fingerprint density at radius 1 is 1.56 bits per heavy atom. The molecule has 4 heteroatoms. The average Bonchev–Trinajstić information content (AvgIpc) is 2.22. The van der Waals surface area contributed by atoms with Crippen molar-refractivity contribution in [3.05, 3.63) is 34.6 Å². The second-order valence-electron chi connectivity index (χ2n) is 3.96. The maximum Gasteiger partial charge on any atom is 0.124 e. The van der Waals surface area contributed by atoms with Crippen LogP contribution in [-0.2, 0) is 6.54 Å². The lowest BCUT2D eigenvalue weighted by molar-refractivity contribution is 0.303. The van der Waals surface area contributed by atoms with Crippen LogP contribution in [0.25, 0.3) is 0 Å². The number of halogens is 2. The third-order valence-electron chi connectivity index (χ3n) is 2.26. The molecule has 0 bridgehead atoms. The normalized spacial score (nSPS) is 12.5. The molecule has 1 atom stereocenters. The second kappa shape index (κ2) is 5.83. The van der Waals surface area contributed by atoms with Crippen molar-refractivity contribution in [1.82, 2.24) is 4.90 Å². The van der Waals surface area contributed by atoms with Crippen molar-refractivity contribution in [3.63, 3.8) is 0 Å². The van der Waals surface area contributed by atoms with Gasteiger partial charge in [-0.25, -0.2) is 4.39 Å². The molecular weight excluding hydrogens is 227 g/mol. The first-order valence-electron chi connectivity index (χ1n) is 5.05. The Labute approximate surface area is 100 Å². The van der Waals surface area contributed by atoms with E-state index in [0.717, 1.165) is 5.56 Å². The van der Waals surface area contributed by atoms with Gasteiger partial charge < -0.3 is 4.90 Å². The smallest absolute Gasteiger partial charge is 0.124 e. The Hall–Kier alpha value is -1.11. The van der Waals surface area contributed by atoms with E-state index < -0.39 is 0 Å². The molecule has 0 saturated heterocycles. The van der Waals surface area contributed by atoms with E-state index in [1.54, 1.807) is 6.07 Å². The van der Waals surface area contributed by atoms with Crippen LogP contribution in [-0.4, -0.2) is 18.5 Å². The summed E-state index contributed by atoms with van der Waals surface area (Å²) >= 11 is 5.91. The van der Waals surface area contributed by atoms with Crippen molar-refractivity contribution in [2.24, 2.45) is 5.92 Å². The molecule has 1 rings (SSSR count). The maximum atomic E-state index is 12.8. The van der Waals surface area contributed by atoms with E-state index in [1.807, 2.05) is 18.9 Å². The Morgan fingerprint density at radius 2 is 2.25 bits per heavy atom. The minimum atomic E-state index is -0.332. The number of nitriles is 1. The Morgan fingerprint density at radius 3 is 2.81 bits per heavy atom. The molecule has 1 aromatic rings. The molecule has 0 aliphatic rings. The molecule has 0 aliphatic heterocycles. The van der Waals surface area contributed by atoms with Crippen LogP contribution in [0.1, 0.15) is 12.5 Å². The fraction of sp³-hybridized carbons (Fsp3) is 0.417. The number of nitrogens with zero attached hydrogens (tertiary/aromatic N) is 2. The van der Waals surface area contributed by atoms with Gasteiger partial charge in [0.25, 0.3) is 0 Å². The number of rotatable bonds is 4. The molecule has 0 spiro atoms. The fourth-order valence-corrected chi connectivity index (χ4v) is 1.74. The highest BCUT2D eigenvalue weighted by Crippen LogP contribution is 2.18. The summed E-state index contributed by atoms with van der Waals surface area (Å²) in [6.07, 6.45) is 0. The van der Waals surface area contributed by atoms with Crippen LogP contribution >= 0.6 is 11.6 Å². The van der Waals surface area contributed by atoms with Crippen LogP contribution in [0.2, 0.25) is 5.02 Å². The van der Waals surface area contributed by atoms with Crippen molar-refractivity contribution in [2.75, 3.05) is 13.6 Å². The molecule has 16 heavy (non-hydrogen) atoms. The van der Waals surface area contributed by atoms with E-state index in [2.05, 4.69) is 6.07 Å². The van der Waals surface area contributed by atoms with Crippen molar-refractivity contribution in [3.8, 4) is 6.07 Å². The molecule has 0 radical (unpaired) electrons. The lowest BCUT2D eigenvalue weighted by Gasteiger charge is -2.18. The number of benzene rings is 1. The van der Waals surface area contributed by atoms with Gasteiger partial charge in [-0.3, -0.25) is 0 Å². The van der Waals surface area contributed by atoms with Crippen LogP contribution in [0.4, 0.5) is 4.39 Å². The molecule has 0 amide bonds. The molecular formula is C12H14ClFN2. The molecule has 1 aromatic carbocycles. The second-order valence-corrected chi connectivity index (χ2v) is 4.37. The zero-order chi connectivity index (χ0) is 12.1. The first-order valence-corrected chi connectivity index (χ1v) is 5.43. The minimum Gasteiger partial charge on any atom is -0.301 e. The molecule has 0 N–H and O–H groups in total. The summed E-state index contributed by atoms with van der Waals surface area (Å²) in [7, 11) is 1.91. The van der Waals surface area contributed by atoms with Crippen LogP contribution in [0, 0.1) is 23.1 Å². The Bertz CT molecular complexity index is 400. The largest absolute Gasteiger partial charge is 0.301 e. The predicted octanol–water partition coefficient (Wildman–Crippen LogP) is 3.07. The van der Waals surface area contributed by atoms with Gasteiger partial charge >= 0.3 is 0 Å². The highest BCUT2D eigenvalue weighted by Gasteiger charge is 2.08. The predicted molar refractivity (Wildman–Crippen MR) is 62.5 cm³/mol. The van der Waals surface area contributed by atoms with Gasteiger partial charge in [0.2, 0.25) is 0 Å². The van der Waals surface area contributed by atoms with Gasteiger partial charge in [0, 0.05) is 18.1 Å². The van der Waals surface area contributed by atoms with Gasteiger partial charge in [-0.2, -0.15) is 5.26 Å². The summed E-state index contributed by atoms with van der Waals surface area (Å²) in [6, 6.07) is 6.54. The van der Waals surface area contributed by atoms with Crippen LogP contribution < -0.4 is 0 Å². The quantitative estimate of drug-likeness (QED) is 0.809. The molecule has 0 fully saturated rings. The zero-order valence-electron chi connectivity index (χ0n) is 9.37. The Kier molecular flexibility index (Phi) is 4.72. The molecule has 0 heterocycles. The van der Waals surface area contributed by atoms with Gasteiger partial charge in [0.1, 0.15) is 5.82 Å². The molecule has 0 saturated carbocycles. The molecule has 2 nitrogen and oxygen atoms in total. The van der Waals surface area contributed by atoms with Gasteiger partial charge in [-0.05, 0) is 31.7 Å². The lowest BCUT2D eigenvalue weighted by Crippen LogP contribution is -2.23. The third kappa shape index (κ3) is 3.80. The first kappa shape index (κ1) is 13.0. The SMILES string of the molecule is CC(C#N)CN(C)Cc1ccc(F)cc1Cl. The zero-order valence-corrected chi connectivity index (χ0v) is 10.1. The molecule has 0 aromatic heterocycles. The van der Waals surface area contributed by atoms with Gasteiger partial charge in [0.05, 0.1) is 12.0 Å². The van der Waals surface area contributed by atoms with Gasteiger partial charge in [0.15, 0.2) is 0 Å². The van der Waals surface area contributed by atoms with Gasteiger partial charge in [-0.15, -0.1) is 0 Å². The van der Waals surface area contributed by atoms with Gasteiger partial charge in [-0.1, -0.05) is 17.7 Å². The topological polar surface area (TPSA) is 27.0 Å². The van der Waals surface area contributed by atoms with Crippen molar-refractivity contribution < 1.29 is 4.39 Å². The van der Waals surface area contributed by atoms with Crippen molar-refractivity contribution in [1.29, 1.82) is 5.26 Å². The highest BCUT2D eigenvalue weighted by molar-refractivity contribution is 6.31. The average molecular weight is 241 g/mol. The monoisotopic (exact) mass is 240 g/mol. The Balaban J connectivity index is 2.63. The fourth-order valence-electron chi connectivity index (χ4n) is 1.51. The summed E-state index contributed by atoms with van der Waals surface area (Å²) < 4.78 is 12.8. The van der Waals surface area contributed by atoms with E-state index in [9.17, 15) is 4.39 Å². The van der Waals surface area contributed by atoms with Crippen molar-refractivity contribution in [2.45, 2.75) is 13.5 Å². The molecule has 0 aliphatic carbocycles. The van der Waals surface area contributed by atoms with E-state index in [4.69, 9.17) is 16.9 Å². The van der Waals surface area contributed by atoms with Crippen LogP contribution in [0.15, 0.2) is 18.2 Å². The summed E-state index contributed by atoms with van der Waals surface area (Å²) in [5, 5.41) is 9.12. The molecule has 86 valence electrons. The van der Waals surface area contributed by atoms with E-state index >= 15 is 0 Å². The van der Waals surface area contributed by atoms with E-state index in [0.29, 0.717) is 18.1 Å². The standard InChI is InChI=1S/C12H14ClFN2/c1-9(6-15)7-16(2)8-10-3-4-11(14)5-12(10)13/h3-5,9H,7-8H2,1-2H3. The van der Waals surface area contributed by atoms with Crippen LogP contribution in [0.5, 0.6) is 0 Å². The van der Waals surface area contributed by atoms with E-state index in [-0.39, 0.29) is 11.7 Å². The number of hydrogen-bond acceptors (Lipinski definition) is 2. The summed E-state index contributed by atoms with van der Waals surface area (Å²) in [6.45, 7) is 3.15. The highest BCUT2D eigenvalue weighted by atomic mass is 35.5. The molecule has 1 unspecified atom stereocenters. The summed E-state index contributed by atoms with van der Waals surface area (Å²) in [4.78, 5) is 1.99. The van der Waals surface area contributed by atoms with Crippen LogP contribution in [0.3, 0.4) is 0 Å².